The Morgan fingerprint density at radius 2 is 1.92 bits per heavy atom. The van der Waals surface area contributed by atoms with Gasteiger partial charge in [-0.1, -0.05) is 0 Å². The number of rotatable bonds is 7. The van der Waals surface area contributed by atoms with Crippen LogP contribution in [0.5, 0.6) is 0 Å². The number of fused-ring (bicyclic) bond motifs is 3. The number of thiazole rings is 1. The fraction of sp³-hybridized carbons (Fsp3) is 0.609. The largest absolute Gasteiger partial charge is 0.375 e. The van der Waals surface area contributed by atoms with Gasteiger partial charge in [-0.25, -0.2) is 14.6 Å². The third-order valence-electron chi connectivity index (χ3n) is 7.49. The van der Waals surface area contributed by atoms with Crippen molar-refractivity contribution >= 4 is 40.2 Å². The predicted octanol–water partition coefficient (Wildman–Crippen LogP) is 1.44. The summed E-state index contributed by atoms with van der Waals surface area (Å²) in [5.74, 6) is 2.76. The minimum atomic E-state index is 0.177. The maximum absolute atomic E-state index is 12.1. The maximum Gasteiger partial charge on any atom is 0.232 e. The second kappa shape index (κ2) is 9.72. The van der Waals surface area contributed by atoms with E-state index >= 15 is 0 Å². The lowest BCUT2D eigenvalue weighted by Crippen LogP contribution is -2.49. The molecule has 0 aliphatic carbocycles. The van der Waals surface area contributed by atoms with Gasteiger partial charge in [0.15, 0.2) is 5.13 Å². The molecule has 4 N–H and O–H groups in total. The van der Waals surface area contributed by atoms with Gasteiger partial charge in [0, 0.05) is 49.4 Å². The predicted molar refractivity (Wildman–Crippen MR) is 140 cm³/mol. The van der Waals surface area contributed by atoms with Crippen molar-refractivity contribution in [3.63, 3.8) is 0 Å². The van der Waals surface area contributed by atoms with Crippen LogP contribution in [0.2, 0.25) is 0 Å². The van der Waals surface area contributed by atoms with Crippen molar-refractivity contribution in [3.8, 4) is 0 Å². The quantitative estimate of drug-likeness (QED) is 0.411. The molecule has 0 spiro atoms. The monoisotopic (exact) mass is 524 g/mol. The number of carbonyl (C=O) groups is 1. The van der Waals surface area contributed by atoms with Crippen LogP contribution in [0.25, 0.3) is 0 Å². The third-order valence-corrected chi connectivity index (χ3v) is 8.54. The summed E-state index contributed by atoms with van der Waals surface area (Å²) < 4.78 is 1.91. The van der Waals surface area contributed by atoms with Gasteiger partial charge in [0.25, 0.3) is 0 Å². The second-order valence-electron chi connectivity index (χ2n) is 9.97. The van der Waals surface area contributed by atoms with Gasteiger partial charge in [-0.15, -0.1) is 11.3 Å². The molecule has 2 fully saturated rings. The Labute approximate surface area is 218 Å². The Bertz CT molecular complexity index is 1280. The van der Waals surface area contributed by atoms with Crippen molar-refractivity contribution in [2.24, 2.45) is 0 Å². The number of carbonyl (C=O) groups excluding carboxylic acids is 1. The standard InChI is InChI=1S/C23H32N12OS/c1-13-18(37-20(24)28-13)5-6-25-21-30-22(29-15-9-16-3-4-17(10-15)35(16)14(2)36)32-23(31-21)33-7-8-34-19(11-33)26-12-27-34/h12,15-17H,3-11H2,1-2H3,(H2,24,28)(H2,25,29,30,31,32)/t15?,16-,17+. The minimum Gasteiger partial charge on any atom is -0.375 e. The average molecular weight is 525 g/mol. The molecule has 1 unspecified atom stereocenters. The van der Waals surface area contributed by atoms with Gasteiger partial charge >= 0.3 is 0 Å². The lowest BCUT2D eigenvalue weighted by atomic mass is 9.97. The van der Waals surface area contributed by atoms with E-state index in [1.807, 2.05) is 11.6 Å². The topological polar surface area (TPSA) is 156 Å². The van der Waals surface area contributed by atoms with Crippen molar-refractivity contribution in [3.05, 3.63) is 22.7 Å². The zero-order valence-electron chi connectivity index (χ0n) is 21.1. The summed E-state index contributed by atoms with van der Waals surface area (Å²) in [5.41, 5.74) is 6.82. The molecule has 3 aromatic rings. The van der Waals surface area contributed by atoms with E-state index < -0.39 is 0 Å². The number of nitrogens with zero attached hydrogens (tertiary/aromatic N) is 9. The number of nitrogens with two attached hydrogens (primary N) is 1. The van der Waals surface area contributed by atoms with Crippen LogP contribution in [0.4, 0.5) is 23.0 Å². The summed E-state index contributed by atoms with van der Waals surface area (Å²) in [6.07, 6.45) is 6.30. The summed E-state index contributed by atoms with van der Waals surface area (Å²) in [4.78, 5) is 40.4. The number of piperidine rings is 1. The van der Waals surface area contributed by atoms with E-state index in [-0.39, 0.29) is 24.0 Å². The molecule has 3 aliphatic heterocycles. The first kappa shape index (κ1) is 23.8. The van der Waals surface area contributed by atoms with Crippen LogP contribution >= 0.6 is 11.3 Å². The van der Waals surface area contributed by atoms with Gasteiger partial charge in [-0.2, -0.15) is 20.1 Å². The summed E-state index contributed by atoms with van der Waals surface area (Å²) in [5, 5.41) is 11.8. The smallest absolute Gasteiger partial charge is 0.232 e. The van der Waals surface area contributed by atoms with Crippen LogP contribution in [0.15, 0.2) is 6.33 Å². The average Bonchev–Trinajstić information content (AvgIpc) is 3.54. The van der Waals surface area contributed by atoms with Crippen LogP contribution < -0.4 is 21.3 Å². The molecule has 3 aliphatic rings. The Morgan fingerprint density at radius 1 is 1.14 bits per heavy atom. The number of aromatic nitrogens is 7. The number of anilines is 4. The number of amides is 1. The molecule has 0 saturated carbocycles. The van der Waals surface area contributed by atoms with Crippen molar-refractivity contribution < 1.29 is 4.79 Å². The van der Waals surface area contributed by atoms with E-state index in [1.165, 1.54) is 11.3 Å². The van der Waals surface area contributed by atoms with Gasteiger partial charge in [-0.3, -0.25) is 4.79 Å². The number of nitrogen functional groups attached to an aromatic ring is 1. The van der Waals surface area contributed by atoms with Gasteiger partial charge < -0.3 is 26.2 Å². The third kappa shape index (κ3) is 4.89. The Morgan fingerprint density at radius 3 is 2.65 bits per heavy atom. The number of hydrogen-bond acceptors (Lipinski definition) is 12. The summed E-state index contributed by atoms with van der Waals surface area (Å²) in [6, 6.07) is 0.788. The zero-order chi connectivity index (χ0) is 25.5. The Hall–Kier alpha value is -3.55. The van der Waals surface area contributed by atoms with Crippen LogP contribution in [0, 0.1) is 6.92 Å². The highest BCUT2D eigenvalue weighted by Crippen LogP contribution is 2.36. The molecule has 6 rings (SSSR count). The summed E-state index contributed by atoms with van der Waals surface area (Å²) in [6.45, 7) is 6.36. The van der Waals surface area contributed by atoms with Gasteiger partial charge in [0.05, 0.1) is 18.8 Å². The summed E-state index contributed by atoms with van der Waals surface area (Å²) in [7, 11) is 0. The van der Waals surface area contributed by atoms with Gasteiger partial charge in [0.1, 0.15) is 12.2 Å². The molecule has 196 valence electrons. The van der Waals surface area contributed by atoms with Gasteiger partial charge in [-0.05, 0) is 32.6 Å². The molecule has 3 aromatic heterocycles. The van der Waals surface area contributed by atoms with Crippen LogP contribution in [0.3, 0.4) is 0 Å². The zero-order valence-corrected chi connectivity index (χ0v) is 21.9. The highest BCUT2D eigenvalue weighted by atomic mass is 32.1. The molecule has 0 radical (unpaired) electrons. The first-order valence-corrected chi connectivity index (χ1v) is 13.6. The second-order valence-corrected chi connectivity index (χ2v) is 11.1. The van der Waals surface area contributed by atoms with Crippen molar-refractivity contribution in [1.82, 2.24) is 39.6 Å². The molecule has 3 atom stereocenters. The fourth-order valence-electron chi connectivity index (χ4n) is 5.84. The van der Waals surface area contributed by atoms with Crippen LogP contribution in [-0.4, -0.2) is 76.7 Å². The number of aryl methyl sites for hydroxylation is 1. The van der Waals surface area contributed by atoms with Crippen LogP contribution in [-0.2, 0) is 24.3 Å². The Kier molecular flexibility index (Phi) is 6.26. The maximum atomic E-state index is 12.1. The lowest BCUT2D eigenvalue weighted by molar-refractivity contribution is -0.133. The van der Waals surface area contributed by atoms with Gasteiger partial charge in [0.2, 0.25) is 23.8 Å². The fourth-order valence-corrected chi connectivity index (χ4v) is 6.68. The van der Waals surface area contributed by atoms with Crippen molar-refractivity contribution in [1.29, 1.82) is 0 Å². The molecule has 1 amide bonds. The van der Waals surface area contributed by atoms with E-state index in [2.05, 4.69) is 35.5 Å². The molecular weight excluding hydrogens is 492 g/mol. The van der Waals surface area contributed by atoms with E-state index in [1.54, 1.807) is 13.3 Å². The number of hydrogen-bond donors (Lipinski definition) is 3. The van der Waals surface area contributed by atoms with Crippen LogP contribution in [0.1, 0.15) is 49.0 Å². The van der Waals surface area contributed by atoms with Crippen molar-refractivity contribution in [2.75, 3.05) is 34.4 Å². The molecule has 37 heavy (non-hydrogen) atoms. The molecule has 14 heteroatoms. The molecule has 0 aromatic carbocycles. The summed E-state index contributed by atoms with van der Waals surface area (Å²) >= 11 is 1.51. The van der Waals surface area contributed by atoms with E-state index in [9.17, 15) is 4.79 Å². The molecule has 2 bridgehead atoms. The normalized spacial score (nSPS) is 22.7. The van der Waals surface area contributed by atoms with Crippen molar-refractivity contribution in [2.45, 2.75) is 77.2 Å². The lowest BCUT2D eigenvalue weighted by Gasteiger charge is -2.38. The van der Waals surface area contributed by atoms with E-state index in [0.717, 1.165) is 61.6 Å². The SMILES string of the molecule is CC(=O)N1[C@@H]2CC[C@H]1CC(Nc1nc(NCCc3sc(N)nc3C)nc(N3CCn4ncnc4C3)n1)C2. The minimum absolute atomic E-state index is 0.177. The first-order chi connectivity index (χ1) is 17.9. The Balaban J connectivity index is 1.20. The number of nitrogens with one attached hydrogen (secondary N) is 2. The van der Waals surface area contributed by atoms with E-state index in [4.69, 9.17) is 20.7 Å². The highest BCUT2D eigenvalue weighted by Gasteiger charge is 2.42. The first-order valence-electron chi connectivity index (χ1n) is 12.8. The molecule has 6 heterocycles. The van der Waals surface area contributed by atoms with E-state index in [0.29, 0.717) is 36.1 Å². The highest BCUT2D eigenvalue weighted by molar-refractivity contribution is 7.15. The molecule has 2 saturated heterocycles. The molecule has 13 nitrogen and oxygen atoms in total. The molecular formula is C23H32N12OS.